The fourth-order valence-corrected chi connectivity index (χ4v) is 4.42. The SMILES string of the molecule is COCO[C@H]1C[C@H](O[Si](C)(C)C(C)(C)C)[C@H](O)[C@H]2OC(C)(C)O[C@H]21. The first-order chi connectivity index (χ1) is 10.9. The van der Waals surface area contributed by atoms with Crippen LogP contribution in [-0.4, -0.2) is 63.6 Å². The van der Waals surface area contributed by atoms with Crippen LogP contribution in [0.5, 0.6) is 0 Å². The maximum absolute atomic E-state index is 10.8. The van der Waals surface area contributed by atoms with Gasteiger partial charge in [0.2, 0.25) is 0 Å². The Morgan fingerprint density at radius 2 is 1.71 bits per heavy atom. The van der Waals surface area contributed by atoms with Crippen LogP contribution in [0.25, 0.3) is 0 Å². The molecule has 7 heteroatoms. The zero-order valence-corrected chi connectivity index (χ0v) is 17.3. The van der Waals surface area contributed by atoms with Crippen LogP contribution in [0.1, 0.15) is 41.0 Å². The predicted octanol–water partition coefficient (Wildman–Crippen LogP) is 2.65. The van der Waals surface area contributed by atoms with Crippen molar-refractivity contribution < 1.29 is 28.5 Å². The molecule has 1 N–H and O–H groups in total. The Morgan fingerprint density at radius 3 is 2.25 bits per heavy atom. The van der Waals surface area contributed by atoms with Gasteiger partial charge in [-0.2, -0.15) is 0 Å². The molecule has 1 saturated carbocycles. The fourth-order valence-electron chi connectivity index (χ4n) is 3.07. The lowest BCUT2D eigenvalue weighted by Gasteiger charge is -2.45. The summed E-state index contributed by atoms with van der Waals surface area (Å²) >= 11 is 0. The molecule has 0 bridgehead atoms. The van der Waals surface area contributed by atoms with E-state index in [1.807, 2.05) is 13.8 Å². The third kappa shape index (κ3) is 4.20. The average Bonchev–Trinajstić information content (AvgIpc) is 2.75. The molecule has 0 spiro atoms. The first kappa shape index (κ1) is 20.3. The van der Waals surface area contributed by atoms with E-state index in [1.54, 1.807) is 7.11 Å². The second-order valence-electron chi connectivity index (χ2n) is 8.82. The van der Waals surface area contributed by atoms with Crippen molar-refractivity contribution in [1.29, 1.82) is 0 Å². The maximum Gasteiger partial charge on any atom is 0.192 e. The van der Waals surface area contributed by atoms with E-state index in [2.05, 4.69) is 33.9 Å². The molecular weight excluding hydrogens is 328 g/mol. The van der Waals surface area contributed by atoms with Crippen LogP contribution in [0.3, 0.4) is 0 Å². The lowest BCUT2D eigenvalue weighted by atomic mass is 9.87. The lowest BCUT2D eigenvalue weighted by molar-refractivity contribution is -0.176. The Hall–Kier alpha value is -0.0231. The van der Waals surface area contributed by atoms with Crippen LogP contribution >= 0.6 is 0 Å². The van der Waals surface area contributed by atoms with Gasteiger partial charge in [0.15, 0.2) is 14.1 Å². The van der Waals surface area contributed by atoms with Crippen molar-refractivity contribution in [2.75, 3.05) is 13.9 Å². The summed E-state index contributed by atoms with van der Waals surface area (Å²) in [4.78, 5) is 0. The number of rotatable bonds is 5. The van der Waals surface area contributed by atoms with Gasteiger partial charge in [-0.05, 0) is 32.0 Å². The molecule has 0 aromatic carbocycles. The highest BCUT2D eigenvalue weighted by Gasteiger charge is 2.56. The molecule has 0 aromatic heterocycles. The standard InChI is InChI=1S/C17H34O6Si/c1-16(2,3)24(7,8)23-11-9-12(20-10-19-6)14-15(13(11)18)22-17(4,5)21-14/h11-15,18H,9-10H2,1-8H3/t11-,12-,13-,14-,15+/m0/s1. The van der Waals surface area contributed by atoms with Gasteiger partial charge in [-0.3, -0.25) is 0 Å². The highest BCUT2D eigenvalue weighted by Crippen LogP contribution is 2.43. The summed E-state index contributed by atoms with van der Waals surface area (Å²) in [7, 11) is -0.426. The normalized spacial score (nSPS) is 36.6. The summed E-state index contributed by atoms with van der Waals surface area (Å²) in [5, 5.41) is 10.9. The van der Waals surface area contributed by atoms with Crippen LogP contribution in [0.2, 0.25) is 18.1 Å². The molecule has 24 heavy (non-hydrogen) atoms. The minimum atomic E-state index is -2.02. The third-order valence-electron chi connectivity index (χ3n) is 5.36. The Balaban J connectivity index is 2.18. The van der Waals surface area contributed by atoms with E-state index in [9.17, 15) is 5.11 Å². The van der Waals surface area contributed by atoms with Gasteiger partial charge in [0.05, 0.1) is 12.2 Å². The highest BCUT2D eigenvalue weighted by atomic mass is 28.4. The van der Waals surface area contributed by atoms with Crippen molar-refractivity contribution in [2.45, 2.75) is 95.5 Å². The van der Waals surface area contributed by atoms with Crippen LogP contribution in [0, 0.1) is 0 Å². The summed E-state index contributed by atoms with van der Waals surface area (Å²) in [6, 6.07) is 0. The number of aliphatic hydroxyl groups is 1. The molecule has 2 fully saturated rings. The first-order valence-electron chi connectivity index (χ1n) is 8.70. The number of methoxy groups -OCH3 is 1. The molecule has 142 valence electrons. The molecule has 0 aromatic rings. The highest BCUT2D eigenvalue weighted by molar-refractivity contribution is 6.74. The van der Waals surface area contributed by atoms with E-state index in [0.717, 1.165) is 0 Å². The summed E-state index contributed by atoms with van der Waals surface area (Å²) < 4.78 is 29.3. The van der Waals surface area contributed by atoms with E-state index < -0.39 is 26.3 Å². The zero-order chi connectivity index (χ0) is 18.3. The molecule has 0 unspecified atom stereocenters. The molecule has 2 rings (SSSR count). The Labute approximate surface area is 146 Å². The fraction of sp³-hybridized carbons (Fsp3) is 1.00. The molecule has 2 aliphatic rings. The maximum atomic E-state index is 10.8. The third-order valence-corrected chi connectivity index (χ3v) is 9.87. The summed E-state index contributed by atoms with van der Waals surface area (Å²) in [5.41, 5.74) is 0. The van der Waals surface area contributed by atoms with Gasteiger partial charge >= 0.3 is 0 Å². The second kappa shape index (κ2) is 6.94. The predicted molar refractivity (Wildman–Crippen MR) is 93.3 cm³/mol. The van der Waals surface area contributed by atoms with Gasteiger partial charge in [-0.15, -0.1) is 0 Å². The summed E-state index contributed by atoms with van der Waals surface area (Å²) in [5.74, 6) is -0.739. The van der Waals surface area contributed by atoms with Crippen LogP contribution in [-0.2, 0) is 23.4 Å². The number of ether oxygens (including phenoxy) is 4. The molecule has 1 saturated heterocycles. The van der Waals surface area contributed by atoms with Gasteiger partial charge in [0.25, 0.3) is 0 Å². The van der Waals surface area contributed by atoms with Gasteiger partial charge in [0.1, 0.15) is 25.1 Å². The summed E-state index contributed by atoms with van der Waals surface area (Å²) in [6.45, 7) is 14.8. The van der Waals surface area contributed by atoms with Crippen molar-refractivity contribution in [2.24, 2.45) is 0 Å². The minimum Gasteiger partial charge on any atom is -0.411 e. The van der Waals surface area contributed by atoms with Gasteiger partial charge < -0.3 is 28.5 Å². The van der Waals surface area contributed by atoms with Crippen molar-refractivity contribution in [3.8, 4) is 0 Å². The van der Waals surface area contributed by atoms with Gasteiger partial charge in [-0.25, -0.2) is 0 Å². The van der Waals surface area contributed by atoms with E-state index in [0.29, 0.717) is 6.42 Å². The number of hydrogen-bond donors (Lipinski definition) is 1. The van der Waals surface area contributed by atoms with Gasteiger partial charge in [0, 0.05) is 13.5 Å². The molecule has 0 amide bonds. The Kier molecular flexibility index (Phi) is 5.87. The topological polar surface area (TPSA) is 66.4 Å². The Bertz CT molecular complexity index is 433. The van der Waals surface area contributed by atoms with Crippen molar-refractivity contribution in [3.63, 3.8) is 0 Å². The number of fused-ring (bicyclic) bond motifs is 1. The number of hydrogen-bond acceptors (Lipinski definition) is 6. The molecule has 1 aliphatic heterocycles. The zero-order valence-electron chi connectivity index (χ0n) is 16.3. The number of aliphatic hydroxyl groups excluding tert-OH is 1. The average molecular weight is 363 g/mol. The largest absolute Gasteiger partial charge is 0.411 e. The molecular formula is C17H34O6Si. The molecule has 5 atom stereocenters. The molecule has 1 heterocycles. The van der Waals surface area contributed by atoms with Crippen molar-refractivity contribution in [1.82, 2.24) is 0 Å². The van der Waals surface area contributed by atoms with E-state index in [-0.39, 0.29) is 30.1 Å². The monoisotopic (exact) mass is 362 g/mol. The van der Waals surface area contributed by atoms with Crippen LogP contribution < -0.4 is 0 Å². The van der Waals surface area contributed by atoms with E-state index in [1.165, 1.54) is 0 Å². The van der Waals surface area contributed by atoms with E-state index in [4.69, 9.17) is 23.4 Å². The van der Waals surface area contributed by atoms with Crippen molar-refractivity contribution in [3.05, 3.63) is 0 Å². The smallest absolute Gasteiger partial charge is 0.192 e. The quantitative estimate of drug-likeness (QED) is 0.599. The van der Waals surface area contributed by atoms with Crippen LogP contribution in [0.15, 0.2) is 0 Å². The van der Waals surface area contributed by atoms with E-state index >= 15 is 0 Å². The summed E-state index contributed by atoms with van der Waals surface area (Å²) in [6.07, 6.45) is -1.48. The molecule has 0 radical (unpaired) electrons. The molecule has 6 nitrogen and oxygen atoms in total. The minimum absolute atomic E-state index is 0.0682. The Morgan fingerprint density at radius 1 is 1.12 bits per heavy atom. The van der Waals surface area contributed by atoms with Crippen molar-refractivity contribution >= 4 is 8.32 Å². The van der Waals surface area contributed by atoms with Crippen LogP contribution in [0.4, 0.5) is 0 Å². The first-order valence-corrected chi connectivity index (χ1v) is 11.6. The second-order valence-corrected chi connectivity index (χ2v) is 13.6. The lowest BCUT2D eigenvalue weighted by Crippen LogP contribution is -2.59. The van der Waals surface area contributed by atoms with Gasteiger partial charge in [-0.1, -0.05) is 20.8 Å². The molecule has 1 aliphatic carbocycles.